The molecule has 1 heterocycles. The molecular formula is C19H22N2O6S. The second-order valence-electron chi connectivity index (χ2n) is 5.77. The summed E-state index contributed by atoms with van der Waals surface area (Å²) >= 11 is 0.933. The topological polar surface area (TPSA) is 102 Å². The highest BCUT2D eigenvalue weighted by atomic mass is 32.2. The minimum Gasteiger partial charge on any atom is -0.493 e. The van der Waals surface area contributed by atoms with E-state index in [2.05, 4.69) is 5.32 Å². The van der Waals surface area contributed by atoms with Crippen molar-refractivity contribution in [1.29, 1.82) is 0 Å². The lowest BCUT2D eigenvalue weighted by atomic mass is 10.2. The quantitative estimate of drug-likeness (QED) is 0.493. The molecule has 28 heavy (non-hydrogen) atoms. The van der Waals surface area contributed by atoms with Crippen molar-refractivity contribution in [3.05, 3.63) is 35.9 Å². The van der Waals surface area contributed by atoms with E-state index < -0.39 is 18.0 Å². The van der Waals surface area contributed by atoms with Gasteiger partial charge in [-0.25, -0.2) is 4.79 Å². The Morgan fingerprint density at radius 2 is 2.07 bits per heavy atom. The number of para-hydroxylation sites is 1. The summed E-state index contributed by atoms with van der Waals surface area (Å²) in [7, 11) is 0. The van der Waals surface area contributed by atoms with E-state index in [9.17, 15) is 19.2 Å². The molecule has 0 aromatic heterocycles. The fraction of sp³-hybridized carbons (Fsp3) is 0.368. The number of imide groups is 1. The van der Waals surface area contributed by atoms with Crippen LogP contribution in [0.3, 0.4) is 0 Å². The third-order valence-electron chi connectivity index (χ3n) is 3.76. The van der Waals surface area contributed by atoms with E-state index >= 15 is 0 Å². The maximum absolute atomic E-state index is 12.0. The number of ether oxygens (including phenoxy) is 2. The Morgan fingerprint density at radius 1 is 1.32 bits per heavy atom. The maximum Gasteiger partial charge on any atom is 0.331 e. The Morgan fingerprint density at radius 3 is 2.75 bits per heavy atom. The van der Waals surface area contributed by atoms with Gasteiger partial charge < -0.3 is 14.8 Å². The zero-order chi connectivity index (χ0) is 20.5. The standard InChI is InChI=1S/C19H22N2O6S/c1-3-26-15-7-5-4-6-14(15)8-9-17(23)27-13(2)18(24)20-10-11-21-16(22)12-28-19(21)25/h4-9,13H,3,10-12H2,1-2H3,(H,20,24)/b9-8+/t13-/m0/s1. The number of amides is 3. The molecule has 1 aliphatic heterocycles. The van der Waals surface area contributed by atoms with Gasteiger partial charge in [-0.2, -0.15) is 0 Å². The highest BCUT2D eigenvalue weighted by Gasteiger charge is 2.29. The number of nitrogens with one attached hydrogen (secondary N) is 1. The van der Waals surface area contributed by atoms with E-state index in [-0.39, 0.29) is 30.0 Å². The van der Waals surface area contributed by atoms with Crippen molar-refractivity contribution in [3.8, 4) is 5.75 Å². The number of nitrogens with zero attached hydrogens (tertiary/aromatic N) is 1. The molecule has 1 aromatic carbocycles. The van der Waals surface area contributed by atoms with Crippen molar-refractivity contribution in [3.63, 3.8) is 0 Å². The van der Waals surface area contributed by atoms with Crippen LogP contribution in [0.15, 0.2) is 30.3 Å². The van der Waals surface area contributed by atoms with Gasteiger partial charge in [-0.05, 0) is 26.0 Å². The number of hydrogen-bond donors (Lipinski definition) is 1. The summed E-state index contributed by atoms with van der Waals surface area (Å²) in [6, 6.07) is 7.23. The van der Waals surface area contributed by atoms with Crippen molar-refractivity contribution in [2.24, 2.45) is 0 Å². The number of rotatable bonds is 9. The first-order chi connectivity index (χ1) is 13.4. The van der Waals surface area contributed by atoms with Crippen LogP contribution in [0, 0.1) is 0 Å². The predicted octanol–water partition coefficient (Wildman–Crippen LogP) is 1.84. The lowest BCUT2D eigenvalue weighted by Gasteiger charge is -2.15. The first-order valence-corrected chi connectivity index (χ1v) is 9.76. The van der Waals surface area contributed by atoms with Crippen molar-refractivity contribution in [2.75, 3.05) is 25.4 Å². The fourth-order valence-corrected chi connectivity index (χ4v) is 3.11. The molecule has 1 aromatic rings. The van der Waals surface area contributed by atoms with E-state index in [1.165, 1.54) is 13.0 Å². The number of esters is 1. The first kappa shape index (κ1) is 21.5. The van der Waals surface area contributed by atoms with Crippen molar-refractivity contribution in [1.82, 2.24) is 10.2 Å². The third kappa shape index (κ3) is 6.12. The molecule has 0 bridgehead atoms. The van der Waals surface area contributed by atoms with Crippen molar-refractivity contribution in [2.45, 2.75) is 20.0 Å². The number of hydrogen-bond acceptors (Lipinski definition) is 7. The molecule has 0 aliphatic carbocycles. The molecule has 8 nitrogen and oxygen atoms in total. The summed E-state index contributed by atoms with van der Waals surface area (Å²) in [5, 5.41) is 2.22. The predicted molar refractivity (Wildman–Crippen MR) is 105 cm³/mol. The van der Waals surface area contributed by atoms with Crippen LogP contribution in [0.2, 0.25) is 0 Å². The lowest BCUT2D eigenvalue weighted by Crippen LogP contribution is -2.41. The second kappa shape index (κ2) is 10.5. The Labute approximate surface area is 167 Å². The fourth-order valence-electron chi connectivity index (χ4n) is 2.36. The number of carbonyl (C=O) groups excluding carboxylic acids is 4. The average Bonchev–Trinajstić information content (AvgIpc) is 2.99. The third-order valence-corrected chi connectivity index (χ3v) is 4.61. The van der Waals surface area contributed by atoms with Gasteiger partial charge in [-0.1, -0.05) is 30.0 Å². The van der Waals surface area contributed by atoms with Crippen molar-refractivity contribution >= 4 is 40.9 Å². The molecule has 1 aliphatic rings. The average molecular weight is 406 g/mol. The van der Waals surface area contributed by atoms with Crippen LogP contribution in [0.5, 0.6) is 5.75 Å². The highest BCUT2D eigenvalue weighted by molar-refractivity contribution is 8.14. The molecule has 0 saturated carbocycles. The molecule has 0 spiro atoms. The summed E-state index contributed by atoms with van der Waals surface area (Å²) in [5.74, 6) is -0.691. The number of thioether (sulfide) groups is 1. The Balaban J connectivity index is 1.79. The maximum atomic E-state index is 12.0. The molecule has 0 radical (unpaired) electrons. The van der Waals surface area contributed by atoms with Crippen LogP contribution >= 0.6 is 11.8 Å². The molecule has 2 rings (SSSR count). The van der Waals surface area contributed by atoms with Gasteiger partial charge in [-0.3, -0.25) is 19.3 Å². The smallest absolute Gasteiger partial charge is 0.331 e. The van der Waals surface area contributed by atoms with Gasteiger partial charge in [0.05, 0.1) is 12.4 Å². The first-order valence-electron chi connectivity index (χ1n) is 8.77. The van der Waals surface area contributed by atoms with Gasteiger partial charge in [0.2, 0.25) is 5.91 Å². The Bertz CT molecular complexity index is 763. The SMILES string of the molecule is CCOc1ccccc1/C=C/C(=O)O[C@@H](C)C(=O)NCCN1C(=O)CSC1=O. The van der Waals surface area contributed by atoms with Crippen LogP contribution in [0.25, 0.3) is 6.08 Å². The summed E-state index contributed by atoms with van der Waals surface area (Å²) in [6.45, 7) is 3.99. The van der Waals surface area contributed by atoms with E-state index in [1.807, 2.05) is 19.1 Å². The molecule has 9 heteroatoms. The Kier molecular flexibility index (Phi) is 8.06. The van der Waals surface area contributed by atoms with Crippen LogP contribution in [-0.2, 0) is 19.1 Å². The van der Waals surface area contributed by atoms with Crippen LogP contribution in [0.4, 0.5) is 4.79 Å². The van der Waals surface area contributed by atoms with Crippen molar-refractivity contribution < 1.29 is 28.7 Å². The number of carbonyl (C=O) groups is 4. The summed E-state index contributed by atoms with van der Waals surface area (Å²) < 4.78 is 10.5. The monoisotopic (exact) mass is 406 g/mol. The molecule has 1 saturated heterocycles. The normalized spacial score (nSPS) is 15.0. The molecule has 1 atom stereocenters. The van der Waals surface area contributed by atoms with E-state index in [0.29, 0.717) is 12.4 Å². The van der Waals surface area contributed by atoms with Gasteiger partial charge in [0.15, 0.2) is 6.10 Å². The molecular weight excluding hydrogens is 384 g/mol. The van der Waals surface area contributed by atoms with Gasteiger partial charge in [0, 0.05) is 24.7 Å². The summed E-state index contributed by atoms with van der Waals surface area (Å²) in [4.78, 5) is 48.0. The molecule has 0 unspecified atom stereocenters. The van der Waals surface area contributed by atoms with Gasteiger partial charge >= 0.3 is 5.97 Å². The van der Waals surface area contributed by atoms with Crippen LogP contribution in [-0.4, -0.2) is 59.5 Å². The van der Waals surface area contributed by atoms with E-state index in [4.69, 9.17) is 9.47 Å². The molecule has 3 amide bonds. The minimum atomic E-state index is -1.02. The van der Waals surface area contributed by atoms with Crippen LogP contribution in [0.1, 0.15) is 19.4 Å². The van der Waals surface area contributed by atoms with Gasteiger partial charge in [0.25, 0.3) is 11.1 Å². The Hall–Kier alpha value is -2.81. The molecule has 1 N–H and O–H groups in total. The van der Waals surface area contributed by atoms with Crippen LogP contribution < -0.4 is 10.1 Å². The van der Waals surface area contributed by atoms with Gasteiger partial charge in [-0.15, -0.1) is 0 Å². The minimum absolute atomic E-state index is 0.0885. The molecule has 1 fully saturated rings. The molecule has 150 valence electrons. The zero-order valence-corrected chi connectivity index (χ0v) is 16.5. The highest BCUT2D eigenvalue weighted by Crippen LogP contribution is 2.19. The number of benzene rings is 1. The zero-order valence-electron chi connectivity index (χ0n) is 15.7. The van der Waals surface area contributed by atoms with E-state index in [0.717, 1.165) is 22.2 Å². The van der Waals surface area contributed by atoms with E-state index in [1.54, 1.807) is 18.2 Å². The largest absolute Gasteiger partial charge is 0.493 e. The van der Waals surface area contributed by atoms with Gasteiger partial charge in [0.1, 0.15) is 5.75 Å². The summed E-state index contributed by atoms with van der Waals surface area (Å²) in [6.07, 6.45) is 1.76. The summed E-state index contributed by atoms with van der Waals surface area (Å²) in [5.41, 5.74) is 0.719. The second-order valence-corrected chi connectivity index (χ2v) is 6.70. The lowest BCUT2D eigenvalue weighted by molar-refractivity contribution is -0.150.